The van der Waals surface area contributed by atoms with Crippen LogP contribution in [0, 0.1) is 6.92 Å². The van der Waals surface area contributed by atoms with E-state index in [-0.39, 0.29) is 6.04 Å². The molecule has 0 radical (unpaired) electrons. The Balaban J connectivity index is 2.14. The Morgan fingerprint density at radius 2 is 1.60 bits per heavy atom. The van der Waals surface area contributed by atoms with Crippen molar-refractivity contribution in [1.82, 2.24) is 20.2 Å². The number of benzene rings is 2. The number of tetrazole rings is 1. The molecule has 0 fully saturated rings. The maximum atomic E-state index is 5.97. The molecule has 0 aliphatic rings. The van der Waals surface area contributed by atoms with Crippen LogP contribution < -0.4 is 0 Å². The molecule has 0 unspecified atom stereocenters. The summed E-state index contributed by atoms with van der Waals surface area (Å²) in [6.45, 7) is 1.89. The van der Waals surface area contributed by atoms with Crippen molar-refractivity contribution in [2.75, 3.05) is 0 Å². The fourth-order valence-electron chi connectivity index (χ4n) is 2.23. The number of nitrogens with zero attached hydrogens (tertiary/aromatic N) is 4. The van der Waals surface area contributed by atoms with E-state index in [0.29, 0.717) is 5.02 Å². The van der Waals surface area contributed by atoms with E-state index < -0.39 is 0 Å². The highest BCUT2D eigenvalue weighted by molar-refractivity contribution is 6.30. The molecule has 3 aromatic rings. The molecule has 0 amide bonds. The molecular formula is C15H13ClN4. The van der Waals surface area contributed by atoms with Crippen LogP contribution in [0.4, 0.5) is 0 Å². The van der Waals surface area contributed by atoms with Crippen LogP contribution in [0.25, 0.3) is 0 Å². The molecular weight excluding hydrogens is 272 g/mol. The molecule has 0 bridgehead atoms. The van der Waals surface area contributed by atoms with E-state index in [1.165, 1.54) is 0 Å². The van der Waals surface area contributed by atoms with Gasteiger partial charge in [-0.3, -0.25) is 0 Å². The van der Waals surface area contributed by atoms with E-state index >= 15 is 0 Å². The van der Waals surface area contributed by atoms with Crippen molar-refractivity contribution in [2.24, 2.45) is 0 Å². The van der Waals surface area contributed by atoms with Gasteiger partial charge < -0.3 is 0 Å². The summed E-state index contributed by atoms with van der Waals surface area (Å²) in [5, 5.41) is 12.6. The van der Waals surface area contributed by atoms with E-state index in [9.17, 15) is 0 Å². The van der Waals surface area contributed by atoms with E-state index in [1.807, 2.05) is 54.1 Å². The van der Waals surface area contributed by atoms with Crippen LogP contribution in [0.3, 0.4) is 0 Å². The number of aromatic nitrogens is 4. The van der Waals surface area contributed by atoms with Crippen molar-refractivity contribution >= 4 is 11.6 Å². The van der Waals surface area contributed by atoms with Crippen LogP contribution in [0.15, 0.2) is 54.6 Å². The van der Waals surface area contributed by atoms with Gasteiger partial charge in [0.1, 0.15) is 11.9 Å². The second kappa shape index (κ2) is 5.43. The highest BCUT2D eigenvalue weighted by atomic mass is 35.5. The predicted octanol–water partition coefficient (Wildman–Crippen LogP) is 3.27. The van der Waals surface area contributed by atoms with Crippen molar-refractivity contribution in [2.45, 2.75) is 13.0 Å². The highest BCUT2D eigenvalue weighted by Gasteiger charge is 2.19. The molecule has 100 valence electrons. The second-order valence-electron chi connectivity index (χ2n) is 4.54. The number of aryl methyl sites for hydroxylation is 1. The molecule has 0 spiro atoms. The molecule has 0 aliphatic heterocycles. The van der Waals surface area contributed by atoms with Crippen molar-refractivity contribution in [3.8, 4) is 0 Å². The minimum absolute atomic E-state index is 0.0523. The molecule has 1 aromatic heterocycles. The first-order valence-corrected chi connectivity index (χ1v) is 6.68. The maximum Gasteiger partial charge on any atom is 0.149 e. The van der Waals surface area contributed by atoms with Gasteiger partial charge in [-0.1, -0.05) is 54.1 Å². The van der Waals surface area contributed by atoms with Crippen molar-refractivity contribution in [3.63, 3.8) is 0 Å². The predicted molar refractivity (Wildman–Crippen MR) is 77.7 cm³/mol. The monoisotopic (exact) mass is 284 g/mol. The number of halogens is 1. The molecule has 0 saturated heterocycles. The Morgan fingerprint density at radius 3 is 2.20 bits per heavy atom. The molecule has 3 rings (SSSR count). The summed E-state index contributed by atoms with van der Waals surface area (Å²) in [5.74, 6) is 0.772. The minimum Gasteiger partial charge on any atom is -0.218 e. The first kappa shape index (κ1) is 12.8. The van der Waals surface area contributed by atoms with Crippen molar-refractivity contribution in [1.29, 1.82) is 0 Å². The number of hydrogen-bond acceptors (Lipinski definition) is 3. The van der Waals surface area contributed by atoms with Crippen LogP contribution in [0.1, 0.15) is 23.0 Å². The fraction of sp³-hybridized carbons (Fsp3) is 0.133. The lowest BCUT2D eigenvalue weighted by Crippen LogP contribution is -2.15. The second-order valence-corrected chi connectivity index (χ2v) is 4.97. The smallest absolute Gasteiger partial charge is 0.149 e. The average molecular weight is 285 g/mol. The van der Waals surface area contributed by atoms with Gasteiger partial charge in [0, 0.05) is 5.02 Å². The largest absolute Gasteiger partial charge is 0.218 e. The summed E-state index contributed by atoms with van der Waals surface area (Å²) < 4.78 is 1.82. The summed E-state index contributed by atoms with van der Waals surface area (Å²) in [7, 11) is 0. The van der Waals surface area contributed by atoms with Gasteiger partial charge >= 0.3 is 0 Å². The summed E-state index contributed by atoms with van der Waals surface area (Å²) >= 11 is 5.97. The Bertz CT molecular complexity index is 691. The quantitative estimate of drug-likeness (QED) is 0.741. The molecule has 1 atom stereocenters. The highest BCUT2D eigenvalue weighted by Crippen LogP contribution is 2.27. The summed E-state index contributed by atoms with van der Waals surface area (Å²) in [5.41, 5.74) is 2.22. The van der Waals surface area contributed by atoms with Crippen molar-refractivity contribution < 1.29 is 0 Å². The Morgan fingerprint density at radius 1 is 0.950 bits per heavy atom. The van der Waals surface area contributed by atoms with Gasteiger partial charge in [0.15, 0.2) is 0 Å². The Labute approximate surface area is 122 Å². The Kier molecular flexibility index (Phi) is 3.48. The molecule has 0 saturated carbocycles. The van der Waals surface area contributed by atoms with E-state index in [0.717, 1.165) is 17.0 Å². The van der Waals surface area contributed by atoms with E-state index in [2.05, 4.69) is 27.7 Å². The number of hydrogen-bond donors (Lipinski definition) is 0. The van der Waals surface area contributed by atoms with E-state index in [4.69, 9.17) is 11.6 Å². The third-order valence-corrected chi connectivity index (χ3v) is 3.45. The van der Waals surface area contributed by atoms with Crippen LogP contribution in [-0.2, 0) is 0 Å². The molecule has 0 aliphatic carbocycles. The van der Waals surface area contributed by atoms with Gasteiger partial charge in [0.05, 0.1) is 0 Å². The van der Waals surface area contributed by atoms with E-state index in [1.54, 1.807) is 0 Å². The van der Waals surface area contributed by atoms with Gasteiger partial charge in [-0.15, -0.1) is 5.10 Å². The van der Waals surface area contributed by atoms with Crippen LogP contribution in [-0.4, -0.2) is 20.2 Å². The minimum atomic E-state index is -0.0523. The first-order chi connectivity index (χ1) is 9.75. The van der Waals surface area contributed by atoms with Gasteiger partial charge in [0.25, 0.3) is 0 Å². The lowest BCUT2D eigenvalue weighted by molar-refractivity contribution is 0.557. The van der Waals surface area contributed by atoms with Gasteiger partial charge in [-0.25, -0.2) is 4.68 Å². The third kappa shape index (κ3) is 2.42. The zero-order valence-corrected chi connectivity index (χ0v) is 11.7. The average Bonchev–Trinajstić information content (AvgIpc) is 2.89. The third-order valence-electron chi connectivity index (χ3n) is 3.20. The Hall–Kier alpha value is -2.20. The zero-order valence-electron chi connectivity index (χ0n) is 10.9. The molecule has 20 heavy (non-hydrogen) atoms. The van der Waals surface area contributed by atoms with Crippen LogP contribution in [0.5, 0.6) is 0 Å². The maximum absolute atomic E-state index is 5.97. The summed E-state index contributed by atoms with van der Waals surface area (Å²) in [6, 6.07) is 17.9. The normalized spacial score (nSPS) is 12.3. The standard InChI is InChI=1S/C15H13ClN4/c1-11-17-18-19-20(11)15(12-5-3-2-4-6-12)13-7-9-14(16)10-8-13/h2-10,15H,1H3/t15-/m1/s1. The van der Waals surface area contributed by atoms with Crippen LogP contribution >= 0.6 is 11.6 Å². The summed E-state index contributed by atoms with van der Waals surface area (Å²) in [4.78, 5) is 0. The lowest BCUT2D eigenvalue weighted by Gasteiger charge is -2.18. The molecule has 4 nitrogen and oxygen atoms in total. The van der Waals surface area contributed by atoms with Crippen molar-refractivity contribution in [3.05, 3.63) is 76.6 Å². The SMILES string of the molecule is Cc1nnnn1[C@H](c1ccccc1)c1ccc(Cl)cc1. The lowest BCUT2D eigenvalue weighted by atomic mass is 9.99. The fourth-order valence-corrected chi connectivity index (χ4v) is 2.36. The zero-order chi connectivity index (χ0) is 13.9. The molecule has 5 heteroatoms. The van der Waals surface area contributed by atoms with Gasteiger partial charge in [-0.2, -0.15) is 0 Å². The molecule has 2 aromatic carbocycles. The summed E-state index contributed by atoms with van der Waals surface area (Å²) in [6.07, 6.45) is 0. The molecule has 1 heterocycles. The van der Waals surface area contributed by atoms with Gasteiger partial charge in [0.2, 0.25) is 0 Å². The number of rotatable bonds is 3. The molecule has 0 N–H and O–H groups in total. The first-order valence-electron chi connectivity index (χ1n) is 6.30. The van der Waals surface area contributed by atoms with Crippen LogP contribution in [0.2, 0.25) is 5.02 Å². The topological polar surface area (TPSA) is 43.6 Å². The van der Waals surface area contributed by atoms with Gasteiger partial charge in [-0.05, 0) is 40.6 Å².